The Labute approximate surface area is 217 Å². The first-order valence-corrected chi connectivity index (χ1v) is 12.1. The molecule has 0 radical (unpaired) electrons. The van der Waals surface area contributed by atoms with E-state index in [2.05, 4.69) is 0 Å². The van der Waals surface area contributed by atoms with Crippen molar-refractivity contribution >= 4 is 17.3 Å². The number of hydrogen-bond acceptors (Lipinski definition) is 7. The van der Waals surface area contributed by atoms with Gasteiger partial charge in [0.2, 0.25) is 0 Å². The van der Waals surface area contributed by atoms with Gasteiger partial charge in [0, 0.05) is 22.3 Å². The Morgan fingerprint density at radius 1 is 0.541 bits per heavy atom. The topological polar surface area (TPSA) is 88.1 Å². The summed E-state index contributed by atoms with van der Waals surface area (Å²) >= 11 is 0. The summed E-state index contributed by atoms with van der Waals surface area (Å²) < 4.78 is 22.3. The quantitative estimate of drug-likeness (QED) is 0.210. The van der Waals surface area contributed by atoms with Crippen LogP contribution in [0.15, 0.2) is 66.7 Å². The Bertz CT molecular complexity index is 1170. The fourth-order valence-electron chi connectivity index (χ4n) is 3.43. The second kappa shape index (κ2) is 14.1. The first-order chi connectivity index (χ1) is 17.8. The fourth-order valence-corrected chi connectivity index (χ4v) is 3.43. The van der Waals surface area contributed by atoms with Crippen molar-refractivity contribution in [2.45, 2.75) is 20.8 Å². The largest absolute Gasteiger partial charge is 0.491 e. The average molecular weight is 505 g/mol. The van der Waals surface area contributed by atoms with E-state index in [1.165, 1.54) is 37.6 Å². The van der Waals surface area contributed by atoms with Crippen molar-refractivity contribution in [1.82, 2.24) is 0 Å². The standard InChI is InChI=1S/C30H32O7/c1-21-4-8-28(9-5-21)36-16-14-34-12-13-35-15-17-37-29-10-6-24(7-11-29)30(33)27-19-25(22(2)31)18-26(20-27)23(3)32/h4-11,18-20H,12-17H2,1-3H3. The Morgan fingerprint density at radius 3 is 1.41 bits per heavy atom. The van der Waals surface area contributed by atoms with Gasteiger partial charge in [-0.2, -0.15) is 0 Å². The summed E-state index contributed by atoms with van der Waals surface area (Å²) in [5, 5.41) is 0. The van der Waals surface area contributed by atoms with Gasteiger partial charge in [-0.3, -0.25) is 14.4 Å². The summed E-state index contributed by atoms with van der Waals surface area (Å²) in [4.78, 5) is 36.5. The molecule has 0 aliphatic carbocycles. The number of benzene rings is 3. The van der Waals surface area contributed by atoms with Gasteiger partial charge in [-0.05, 0) is 75.4 Å². The predicted octanol–water partition coefficient (Wildman–Crippen LogP) is 5.12. The molecule has 0 aliphatic heterocycles. The van der Waals surface area contributed by atoms with Crippen LogP contribution >= 0.6 is 0 Å². The minimum atomic E-state index is -0.273. The lowest BCUT2D eigenvalue weighted by atomic mass is 9.96. The number of carbonyl (C=O) groups excluding carboxylic acids is 3. The number of carbonyl (C=O) groups is 3. The highest BCUT2D eigenvalue weighted by Crippen LogP contribution is 2.19. The number of hydrogen-bond donors (Lipinski definition) is 0. The third kappa shape index (κ3) is 8.97. The van der Waals surface area contributed by atoms with Gasteiger partial charge >= 0.3 is 0 Å². The van der Waals surface area contributed by atoms with Crippen molar-refractivity contribution in [3.05, 3.63) is 94.5 Å². The normalized spacial score (nSPS) is 10.7. The maximum atomic E-state index is 12.9. The zero-order chi connectivity index (χ0) is 26.6. The number of aryl methyl sites for hydroxylation is 1. The van der Waals surface area contributed by atoms with Crippen molar-refractivity contribution < 1.29 is 33.3 Å². The van der Waals surface area contributed by atoms with E-state index >= 15 is 0 Å². The molecule has 3 aromatic rings. The summed E-state index contributed by atoms with van der Waals surface area (Å²) in [7, 11) is 0. The van der Waals surface area contributed by atoms with Crippen molar-refractivity contribution in [3.63, 3.8) is 0 Å². The molecule has 194 valence electrons. The summed E-state index contributed by atoms with van der Waals surface area (Å²) in [6, 6.07) is 19.1. The van der Waals surface area contributed by atoms with Crippen LogP contribution in [0.5, 0.6) is 11.5 Å². The van der Waals surface area contributed by atoms with Crippen molar-refractivity contribution in [1.29, 1.82) is 0 Å². The minimum absolute atomic E-state index is 0.207. The lowest BCUT2D eigenvalue weighted by Crippen LogP contribution is -2.13. The molecular weight excluding hydrogens is 472 g/mol. The van der Waals surface area contributed by atoms with Crippen LogP contribution in [0.25, 0.3) is 0 Å². The number of rotatable bonds is 15. The van der Waals surface area contributed by atoms with Gasteiger partial charge in [-0.1, -0.05) is 17.7 Å². The van der Waals surface area contributed by atoms with E-state index in [-0.39, 0.29) is 17.3 Å². The highest BCUT2D eigenvalue weighted by Gasteiger charge is 2.15. The van der Waals surface area contributed by atoms with Gasteiger partial charge < -0.3 is 18.9 Å². The van der Waals surface area contributed by atoms with Crippen molar-refractivity contribution in [2.75, 3.05) is 39.6 Å². The van der Waals surface area contributed by atoms with Crippen molar-refractivity contribution in [3.8, 4) is 11.5 Å². The second-order valence-corrected chi connectivity index (χ2v) is 8.50. The van der Waals surface area contributed by atoms with Gasteiger partial charge in [0.05, 0.1) is 26.4 Å². The summed E-state index contributed by atoms with van der Waals surface area (Å²) in [5.74, 6) is 0.740. The molecule has 0 heterocycles. The molecule has 0 fully saturated rings. The zero-order valence-electron chi connectivity index (χ0n) is 21.5. The van der Waals surface area contributed by atoms with Crippen LogP contribution in [-0.2, 0) is 9.47 Å². The third-order valence-corrected chi connectivity index (χ3v) is 5.51. The number of ether oxygens (including phenoxy) is 4. The monoisotopic (exact) mass is 504 g/mol. The molecule has 0 saturated heterocycles. The van der Waals surface area contributed by atoms with Crippen LogP contribution in [0, 0.1) is 6.92 Å². The SMILES string of the molecule is CC(=O)c1cc(C(C)=O)cc(C(=O)c2ccc(OCCOCCOCCOc3ccc(C)cc3)cc2)c1. The smallest absolute Gasteiger partial charge is 0.193 e. The van der Waals surface area contributed by atoms with Gasteiger partial charge in [0.1, 0.15) is 24.7 Å². The van der Waals surface area contributed by atoms with Crippen molar-refractivity contribution in [2.24, 2.45) is 0 Å². The van der Waals surface area contributed by atoms with Crippen LogP contribution < -0.4 is 9.47 Å². The van der Waals surface area contributed by atoms with Crippen LogP contribution in [-0.4, -0.2) is 57.0 Å². The summed E-state index contributed by atoms with van der Waals surface area (Å²) in [5.41, 5.74) is 2.58. The lowest BCUT2D eigenvalue weighted by Gasteiger charge is -2.10. The zero-order valence-corrected chi connectivity index (χ0v) is 21.5. The molecule has 0 unspecified atom stereocenters. The molecule has 0 saturated carbocycles. The summed E-state index contributed by atoms with van der Waals surface area (Å²) in [6.45, 7) is 7.45. The molecule has 37 heavy (non-hydrogen) atoms. The Balaban J connectivity index is 1.34. The minimum Gasteiger partial charge on any atom is -0.491 e. The van der Waals surface area contributed by atoms with Gasteiger partial charge in [0.15, 0.2) is 17.3 Å². The van der Waals surface area contributed by atoms with E-state index in [1.807, 2.05) is 31.2 Å². The Hall–Kier alpha value is -3.81. The van der Waals surface area contributed by atoms with E-state index in [9.17, 15) is 14.4 Å². The Kier molecular flexibility index (Phi) is 10.6. The molecule has 3 aromatic carbocycles. The molecule has 0 N–H and O–H groups in total. The fraction of sp³-hybridized carbons (Fsp3) is 0.300. The Morgan fingerprint density at radius 2 is 0.946 bits per heavy atom. The first kappa shape index (κ1) is 27.8. The highest BCUT2D eigenvalue weighted by molar-refractivity contribution is 6.12. The predicted molar refractivity (Wildman–Crippen MR) is 140 cm³/mol. The third-order valence-electron chi connectivity index (χ3n) is 5.51. The molecule has 0 aliphatic rings. The molecule has 0 spiro atoms. The summed E-state index contributed by atoms with van der Waals surface area (Å²) in [6.07, 6.45) is 0. The molecule has 0 atom stereocenters. The molecule has 3 rings (SSSR count). The van der Waals surface area contributed by atoms with Gasteiger partial charge in [-0.25, -0.2) is 0 Å². The number of ketones is 3. The van der Waals surface area contributed by atoms with E-state index in [4.69, 9.17) is 18.9 Å². The molecule has 0 aromatic heterocycles. The average Bonchev–Trinajstić information content (AvgIpc) is 2.90. The van der Waals surface area contributed by atoms with Crippen LogP contribution in [0.2, 0.25) is 0 Å². The van der Waals surface area contributed by atoms with Gasteiger partial charge in [-0.15, -0.1) is 0 Å². The first-order valence-electron chi connectivity index (χ1n) is 12.1. The van der Waals surface area contributed by atoms with Gasteiger partial charge in [0.25, 0.3) is 0 Å². The molecule has 0 amide bonds. The van der Waals surface area contributed by atoms with Crippen LogP contribution in [0.4, 0.5) is 0 Å². The molecule has 7 heteroatoms. The van der Waals surface area contributed by atoms with Crippen LogP contribution in [0.3, 0.4) is 0 Å². The molecule has 7 nitrogen and oxygen atoms in total. The molecular formula is C30H32O7. The van der Waals surface area contributed by atoms with Crippen LogP contribution in [0.1, 0.15) is 56.0 Å². The van der Waals surface area contributed by atoms with E-state index in [1.54, 1.807) is 24.3 Å². The molecule has 0 bridgehead atoms. The maximum absolute atomic E-state index is 12.9. The van der Waals surface area contributed by atoms with E-state index in [0.717, 1.165) is 5.75 Å². The highest BCUT2D eigenvalue weighted by atomic mass is 16.6. The van der Waals surface area contributed by atoms with E-state index in [0.29, 0.717) is 67.6 Å². The number of Topliss-reactive ketones (excluding diaryl/α,β-unsaturated/α-hetero) is 2. The van der Waals surface area contributed by atoms with E-state index < -0.39 is 0 Å². The lowest BCUT2D eigenvalue weighted by molar-refractivity contribution is 0.0273. The second-order valence-electron chi connectivity index (χ2n) is 8.50. The maximum Gasteiger partial charge on any atom is 0.193 e.